The number of carbonyl (C=O) groups is 1. The maximum absolute atomic E-state index is 13.6. The lowest BCUT2D eigenvalue weighted by Gasteiger charge is -2.34. The highest BCUT2D eigenvalue weighted by molar-refractivity contribution is 7.89. The maximum atomic E-state index is 13.6. The average molecular weight is 506 g/mol. The Labute approximate surface area is 214 Å². The van der Waals surface area contributed by atoms with E-state index in [1.165, 1.54) is 12.8 Å². The van der Waals surface area contributed by atoms with Gasteiger partial charge in [0, 0.05) is 24.5 Å². The summed E-state index contributed by atoms with van der Waals surface area (Å²) in [6, 6.07) is 22.6. The zero-order valence-corrected chi connectivity index (χ0v) is 21.4. The number of nitrogens with zero attached hydrogens (tertiary/aromatic N) is 1. The first-order valence-corrected chi connectivity index (χ1v) is 14.5. The van der Waals surface area contributed by atoms with Gasteiger partial charge in [-0.25, -0.2) is 8.42 Å². The first-order valence-electron chi connectivity index (χ1n) is 13.1. The molecule has 5 rings (SSSR count). The van der Waals surface area contributed by atoms with Crippen molar-refractivity contribution in [1.29, 1.82) is 0 Å². The minimum atomic E-state index is -3.90. The van der Waals surface area contributed by atoms with Gasteiger partial charge in [-0.2, -0.15) is 4.72 Å². The Morgan fingerprint density at radius 1 is 0.944 bits per heavy atom. The summed E-state index contributed by atoms with van der Waals surface area (Å²) in [5.74, 6) is 0.0396. The highest BCUT2D eigenvalue weighted by Gasteiger charge is 2.35. The number of amides is 1. The Morgan fingerprint density at radius 3 is 2.50 bits per heavy atom. The summed E-state index contributed by atoms with van der Waals surface area (Å²) in [6.07, 6.45) is 5.83. The van der Waals surface area contributed by atoms with Gasteiger partial charge in [0.2, 0.25) is 15.9 Å². The van der Waals surface area contributed by atoms with E-state index in [-0.39, 0.29) is 10.8 Å². The van der Waals surface area contributed by atoms with Crippen LogP contribution in [0.25, 0.3) is 10.8 Å². The third kappa shape index (κ3) is 6.14. The quantitative estimate of drug-likeness (QED) is 0.435. The Balaban J connectivity index is 1.33. The second-order valence-corrected chi connectivity index (χ2v) is 11.8. The third-order valence-corrected chi connectivity index (χ3v) is 8.92. The minimum absolute atomic E-state index is 0.214. The van der Waals surface area contributed by atoms with Gasteiger partial charge in [0.1, 0.15) is 6.04 Å². The summed E-state index contributed by atoms with van der Waals surface area (Å²) < 4.78 is 30.0. The number of piperidine rings is 1. The standard InChI is InChI=1S/C29H35N3O3S/c33-29(30-18-17-22-8-2-1-3-9-22)27(20-23-10-7-19-32(21-23)25-15-16-25)31-36(34,35)28-14-6-12-24-11-4-5-13-26(24)28/h1-6,8-9,11-14,23,25,27,31H,7,10,15-21H2,(H,30,33). The molecule has 7 heteroatoms. The number of nitrogens with one attached hydrogen (secondary N) is 2. The number of likely N-dealkylation sites (tertiary alicyclic amines) is 1. The van der Waals surface area contributed by atoms with Crippen LogP contribution in [-0.2, 0) is 21.2 Å². The van der Waals surface area contributed by atoms with Gasteiger partial charge in [0.15, 0.2) is 0 Å². The fourth-order valence-electron chi connectivity index (χ4n) is 5.38. The third-order valence-electron chi connectivity index (χ3n) is 7.39. The lowest BCUT2D eigenvalue weighted by atomic mass is 9.91. The van der Waals surface area contributed by atoms with Crippen LogP contribution >= 0.6 is 0 Å². The van der Waals surface area contributed by atoms with Crippen LogP contribution in [0.2, 0.25) is 0 Å². The lowest BCUT2D eigenvalue weighted by Crippen LogP contribution is -2.49. The number of rotatable bonds is 10. The predicted molar refractivity (Wildman–Crippen MR) is 143 cm³/mol. The molecule has 0 bridgehead atoms. The Hall–Kier alpha value is -2.74. The normalized spacial score (nSPS) is 19.7. The summed E-state index contributed by atoms with van der Waals surface area (Å²) in [4.78, 5) is 16.1. The summed E-state index contributed by atoms with van der Waals surface area (Å²) in [6.45, 7) is 2.51. The average Bonchev–Trinajstić information content (AvgIpc) is 3.74. The van der Waals surface area contributed by atoms with Crippen LogP contribution in [-0.4, -0.2) is 50.9 Å². The van der Waals surface area contributed by atoms with Crippen molar-refractivity contribution in [3.63, 3.8) is 0 Å². The molecule has 1 saturated carbocycles. The van der Waals surface area contributed by atoms with E-state index in [1.54, 1.807) is 12.1 Å². The van der Waals surface area contributed by atoms with E-state index in [2.05, 4.69) is 14.9 Å². The van der Waals surface area contributed by atoms with Gasteiger partial charge in [0.05, 0.1) is 4.90 Å². The topological polar surface area (TPSA) is 78.5 Å². The van der Waals surface area contributed by atoms with Crippen molar-refractivity contribution in [1.82, 2.24) is 14.9 Å². The number of sulfonamides is 1. The molecule has 2 atom stereocenters. The van der Waals surface area contributed by atoms with Crippen molar-refractivity contribution in [2.24, 2.45) is 5.92 Å². The Morgan fingerprint density at radius 2 is 1.69 bits per heavy atom. The second-order valence-electron chi connectivity index (χ2n) is 10.1. The predicted octanol–water partition coefficient (Wildman–Crippen LogP) is 4.11. The summed E-state index contributed by atoms with van der Waals surface area (Å²) in [5.41, 5.74) is 1.14. The molecule has 3 aromatic carbocycles. The smallest absolute Gasteiger partial charge is 0.241 e. The van der Waals surface area contributed by atoms with Crippen LogP contribution in [0, 0.1) is 5.92 Å². The first kappa shape index (κ1) is 24.9. The van der Waals surface area contributed by atoms with Gasteiger partial charge in [-0.1, -0.05) is 66.7 Å². The molecule has 0 spiro atoms. The molecule has 190 valence electrons. The fourth-order valence-corrected chi connectivity index (χ4v) is 6.82. The van der Waals surface area contributed by atoms with E-state index in [0.29, 0.717) is 36.7 Å². The van der Waals surface area contributed by atoms with Gasteiger partial charge in [0.25, 0.3) is 0 Å². The van der Waals surface area contributed by atoms with Crippen LogP contribution < -0.4 is 10.0 Å². The van der Waals surface area contributed by atoms with Gasteiger partial charge >= 0.3 is 0 Å². The zero-order chi connectivity index (χ0) is 25.0. The maximum Gasteiger partial charge on any atom is 0.241 e. The van der Waals surface area contributed by atoms with E-state index in [4.69, 9.17) is 0 Å². The van der Waals surface area contributed by atoms with Crippen LogP contribution in [0.15, 0.2) is 77.7 Å². The second kappa shape index (κ2) is 11.1. The summed E-state index contributed by atoms with van der Waals surface area (Å²) >= 11 is 0. The molecule has 2 aliphatic rings. The Kier molecular flexibility index (Phi) is 7.70. The van der Waals surface area contributed by atoms with Crippen molar-refractivity contribution in [3.05, 3.63) is 78.4 Å². The Bertz CT molecular complexity index is 1290. The van der Waals surface area contributed by atoms with Crippen molar-refractivity contribution in [2.45, 2.75) is 55.5 Å². The molecule has 3 aromatic rings. The van der Waals surface area contributed by atoms with Crippen molar-refractivity contribution < 1.29 is 13.2 Å². The minimum Gasteiger partial charge on any atom is -0.354 e. The van der Waals surface area contributed by atoms with Crippen molar-refractivity contribution >= 4 is 26.7 Å². The molecule has 1 amide bonds. The van der Waals surface area contributed by atoms with E-state index in [0.717, 1.165) is 36.9 Å². The molecule has 0 aromatic heterocycles. The van der Waals surface area contributed by atoms with Crippen LogP contribution in [0.1, 0.15) is 37.7 Å². The van der Waals surface area contributed by atoms with Gasteiger partial charge < -0.3 is 10.2 Å². The molecule has 1 aliphatic heterocycles. The van der Waals surface area contributed by atoms with Gasteiger partial charge in [-0.05, 0) is 68.0 Å². The monoisotopic (exact) mass is 505 g/mol. The zero-order valence-electron chi connectivity index (χ0n) is 20.6. The van der Waals surface area contributed by atoms with Gasteiger partial charge in [-0.3, -0.25) is 4.79 Å². The van der Waals surface area contributed by atoms with E-state index in [9.17, 15) is 13.2 Å². The van der Waals surface area contributed by atoms with Crippen LogP contribution in [0.3, 0.4) is 0 Å². The van der Waals surface area contributed by atoms with E-state index >= 15 is 0 Å². The number of fused-ring (bicyclic) bond motifs is 1. The lowest BCUT2D eigenvalue weighted by molar-refractivity contribution is -0.123. The van der Waals surface area contributed by atoms with E-state index < -0.39 is 16.1 Å². The molecular weight excluding hydrogens is 470 g/mol. The SMILES string of the molecule is O=C(NCCc1ccccc1)C(CC1CCCN(C2CC2)C1)NS(=O)(=O)c1cccc2ccccc12. The molecule has 1 saturated heterocycles. The number of hydrogen-bond donors (Lipinski definition) is 2. The first-order chi connectivity index (χ1) is 17.5. The van der Waals surface area contributed by atoms with E-state index in [1.807, 2.05) is 60.7 Å². The molecule has 2 N–H and O–H groups in total. The molecule has 36 heavy (non-hydrogen) atoms. The number of carbonyl (C=O) groups excluding carboxylic acids is 1. The molecule has 0 radical (unpaired) electrons. The summed E-state index contributed by atoms with van der Waals surface area (Å²) in [7, 11) is -3.90. The largest absolute Gasteiger partial charge is 0.354 e. The molecule has 2 fully saturated rings. The van der Waals surface area contributed by atoms with Crippen LogP contribution in [0.4, 0.5) is 0 Å². The molecule has 1 aliphatic carbocycles. The van der Waals surface area contributed by atoms with Crippen molar-refractivity contribution in [2.75, 3.05) is 19.6 Å². The highest BCUT2D eigenvalue weighted by Crippen LogP contribution is 2.32. The summed E-state index contributed by atoms with van der Waals surface area (Å²) in [5, 5.41) is 4.52. The molecule has 2 unspecified atom stereocenters. The van der Waals surface area contributed by atoms with Crippen LogP contribution in [0.5, 0.6) is 0 Å². The fraction of sp³-hybridized carbons (Fsp3) is 0.414. The van der Waals surface area contributed by atoms with Crippen molar-refractivity contribution in [3.8, 4) is 0 Å². The molecule has 6 nitrogen and oxygen atoms in total. The number of benzene rings is 3. The van der Waals surface area contributed by atoms with Gasteiger partial charge in [-0.15, -0.1) is 0 Å². The molecule has 1 heterocycles. The number of hydrogen-bond acceptors (Lipinski definition) is 4. The molecular formula is C29H35N3O3S. The highest BCUT2D eigenvalue weighted by atomic mass is 32.2.